The normalized spacial score (nSPS) is 12.6. The van der Waals surface area contributed by atoms with Crippen LogP contribution in [0.25, 0.3) is 0 Å². The topological polar surface area (TPSA) is 38.7 Å². The lowest BCUT2D eigenvalue weighted by Crippen LogP contribution is -2.07. The number of methoxy groups -OCH3 is 2. The van der Waals surface area contributed by atoms with Gasteiger partial charge < -0.3 is 14.6 Å². The van der Waals surface area contributed by atoms with Crippen molar-refractivity contribution in [3.05, 3.63) is 28.8 Å². The first-order valence-electron chi connectivity index (χ1n) is 4.20. The van der Waals surface area contributed by atoms with Gasteiger partial charge in [0, 0.05) is 12.7 Å². The molecular weight excluding hydrogens is 204 g/mol. The van der Waals surface area contributed by atoms with Crippen molar-refractivity contribution in [2.24, 2.45) is 0 Å². The second-order valence-corrected chi connectivity index (χ2v) is 3.23. The molecule has 1 atom stereocenters. The van der Waals surface area contributed by atoms with Crippen LogP contribution < -0.4 is 4.74 Å². The molecule has 78 valence electrons. The molecule has 0 amide bonds. The van der Waals surface area contributed by atoms with E-state index in [4.69, 9.17) is 21.1 Å². The molecule has 0 saturated heterocycles. The van der Waals surface area contributed by atoms with Crippen molar-refractivity contribution in [1.29, 1.82) is 0 Å². The number of halogens is 1. The summed E-state index contributed by atoms with van der Waals surface area (Å²) >= 11 is 5.94. The lowest BCUT2D eigenvalue weighted by molar-refractivity contribution is 0.0628. The monoisotopic (exact) mass is 216 g/mol. The minimum Gasteiger partial charge on any atom is -0.496 e. The molecule has 1 unspecified atom stereocenters. The van der Waals surface area contributed by atoms with Gasteiger partial charge in [0.2, 0.25) is 0 Å². The zero-order valence-electron chi connectivity index (χ0n) is 8.16. The van der Waals surface area contributed by atoms with E-state index in [1.54, 1.807) is 18.2 Å². The maximum Gasteiger partial charge on any atom is 0.126 e. The molecule has 1 rings (SSSR count). The molecule has 4 heteroatoms. The van der Waals surface area contributed by atoms with E-state index in [0.717, 1.165) is 0 Å². The maximum atomic E-state index is 9.72. The van der Waals surface area contributed by atoms with E-state index >= 15 is 0 Å². The molecule has 0 heterocycles. The molecule has 0 bridgehead atoms. The Labute approximate surface area is 88.2 Å². The van der Waals surface area contributed by atoms with Gasteiger partial charge >= 0.3 is 0 Å². The number of benzene rings is 1. The van der Waals surface area contributed by atoms with E-state index in [2.05, 4.69) is 0 Å². The highest BCUT2D eigenvalue weighted by atomic mass is 35.5. The van der Waals surface area contributed by atoms with Crippen LogP contribution in [0, 0.1) is 0 Å². The second kappa shape index (κ2) is 5.20. The Balaban J connectivity index is 3.03. The van der Waals surface area contributed by atoms with Gasteiger partial charge in [0.05, 0.1) is 18.7 Å². The minimum atomic E-state index is -0.761. The number of rotatable bonds is 4. The summed E-state index contributed by atoms with van der Waals surface area (Å²) in [5, 5.41) is 10.2. The van der Waals surface area contributed by atoms with E-state index in [9.17, 15) is 5.11 Å². The van der Waals surface area contributed by atoms with Gasteiger partial charge in [-0.15, -0.1) is 0 Å². The van der Waals surface area contributed by atoms with Crippen molar-refractivity contribution >= 4 is 11.6 Å². The highest BCUT2D eigenvalue weighted by Crippen LogP contribution is 2.31. The zero-order chi connectivity index (χ0) is 10.6. The fourth-order valence-electron chi connectivity index (χ4n) is 1.26. The highest BCUT2D eigenvalue weighted by molar-refractivity contribution is 6.31. The Morgan fingerprint density at radius 2 is 2.14 bits per heavy atom. The van der Waals surface area contributed by atoms with Gasteiger partial charge in [-0.1, -0.05) is 17.7 Å². The Morgan fingerprint density at radius 1 is 1.43 bits per heavy atom. The first-order valence-corrected chi connectivity index (χ1v) is 4.58. The molecule has 1 aromatic rings. The zero-order valence-corrected chi connectivity index (χ0v) is 8.91. The number of aliphatic hydroxyl groups is 1. The van der Waals surface area contributed by atoms with Gasteiger partial charge in [0.15, 0.2) is 0 Å². The average molecular weight is 217 g/mol. The molecule has 0 aromatic heterocycles. The summed E-state index contributed by atoms with van der Waals surface area (Å²) < 4.78 is 9.94. The number of hydrogen-bond donors (Lipinski definition) is 1. The standard InChI is InChI=1S/C10H13ClO3/c1-13-6-8(12)10-7(11)4-3-5-9(10)14-2/h3-5,8,12H,6H2,1-2H3. The SMILES string of the molecule is COCC(O)c1c(Cl)cccc1OC. The van der Waals surface area contributed by atoms with Gasteiger partial charge in [-0.25, -0.2) is 0 Å². The fraction of sp³-hybridized carbons (Fsp3) is 0.400. The van der Waals surface area contributed by atoms with Crippen molar-refractivity contribution in [3.63, 3.8) is 0 Å². The van der Waals surface area contributed by atoms with Gasteiger partial charge in [-0.05, 0) is 12.1 Å². The molecule has 0 saturated carbocycles. The summed E-state index contributed by atoms with van der Waals surface area (Å²) in [6.07, 6.45) is -0.761. The largest absolute Gasteiger partial charge is 0.496 e. The Morgan fingerprint density at radius 3 is 2.71 bits per heavy atom. The lowest BCUT2D eigenvalue weighted by atomic mass is 10.1. The Bertz CT molecular complexity index is 301. The maximum absolute atomic E-state index is 9.72. The van der Waals surface area contributed by atoms with Crippen molar-refractivity contribution in [3.8, 4) is 5.75 Å². The fourth-order valence-corrected chi connectivity index (χ4v) is 1.55. The molecule has 0 aliphatic rings. The quantitative estimate of drug-likeness (QED) is 0.837. The predicted molar refractivity (Wildman–Crippen MR) is 54.8 cm³/mol. The first kappa shape index (κ1) is 11.3. The van der Waals surface area contributed by atoms with Gasteiger partial charge in [-0.3, -0.25) is 0 Å². The summed E-state index contributed by atoms with van der Waals surface area (Å²) in [5.41, 5.74) is 0.568. The smallest absolute Gasteiger partial charge is 0.126 e. The van der Waals surface area contributed by atoms with Crippen molar-refractivity contribution in [2.45, 2.75) is 6.10 Å². The number of aliphatic hydroxyl groups excluding tert-OH is 1. The van der Waals surface area contributed by atoms with Crippen LogP contribution in [0.1, 0.15) is 11.7 Å². The van der Waals surface area contributed by atoms with E-state index in [-0.39, 0.29) is 6.61 Å². The van der Waals surface area contributed by atoms with Crippen LogP contribution in [-0.4, -0.2) is 25.9 Å². The third kappa shape index (κ3) is 2.38. The van der Waals surface area contributed by atoms with Crippen molar-refractivity contribution < 1.29 is 14.6 Å². The van der Waals surface area contributed by atoms with Crippen molar-refractivity contribution in [1.82, 2.24) is 0 Å². The van der Waals surface area contributed by atoms with Crippen LogP contribution in [0.5, 0.6) is 5.75 Å². The van der Waals surface area contributed by atoms with Crippen LogP contribution in [0.2, 0.25) is 5.02 Å². The molecule has 0 fully saturated rings. The average Bonchev–Trinajstić information content (AvgIpc) is 2.17. The third-order valence-electron chi connectivity index (χ3n) is 1.89. The van der Waals surface area contributed by atoms with Gasteiger partial charge in [0.1, 0.15) is 11.9 Å². The van der Waals surface area contributed by atoms with E-state index in [1.807, 2.05) is 0 Å². The van der Waals surface area contributed by atoms with Crippen LogP contribution in [0.4, 0.5) is 0 Å². The molecule has 1 aromatic carbocycles. The molecule has 0 radical (unpaired) electrons. The first-order chi connectivity index (χ1) is 6.70. The van der Waals surface area contributed by atoms with Crippen LogP contribution in [-0.2, 0) is 4.74 Å². The Kier molecular flexibility index (Phi) is 4.20. The molecule has 14 heavy (non-hydrogen) atoms. The number of hydrogen-bond acceptors (Lipinski definition) is 3. The van der Waals surface area contributed by atoms with E-state index in [1.165, 1.54) is 14.2 Å². The lowest BCUT2D eigenvalue weighted by Gasteiger charge is -2.15. The van der Waals surface area contributed by atoms with E-state index in [0.29, 0.717) is 16.3 Å². The number of ether oxygens (including phenoxy) is 2. The molecule has 0 spiro atoms. The molecule has 1 N–H and O–H groups in total. The van der Waals surface area contributed by atoms with Crippen LogP contribution in [0.3, 0.4) is 0 Å². The summed E-state index contributed by atoms with van der Waals surface area (Å²) in [6, 6.07) is 5.22. The van der Waals surface area contributed by atoms with Crippen LogP contribution in [0.15, 0.2) is 18.2 Å². The highest BCUT2D eigenvalue weighted by Gasteiger charge is 2.16. The van der Waals surface area contributed by atoms with Crippen molar-refractivity contribution in [2.75, 3.05) is 20.8 Å². The summed E-state index contributed by atoms with van der Waals surface area (Å²) in [4.78, 5) is 0. The molecular formula is C10H13ClO3. The van der Waals surface area contributed by atoms with Gasteiger partial charge in [-0.2, -0.15) is 0 Å². The summed E-state index contributed by atoms with van der Waals surface area (Å²) in [7, 11) is 3.06. The minimum absolute atomic E-state index is 0.195. The molecule has 0 aliphatic heterocycles. The second-order valence-electron chi connectivity index (χ2n) is 2.83. The van der Waals surface area contributed by atoms with E-state index < -0.39 is 6.10 Å². The predicted octanol–water partition coefficient (Wildman–Crippen LogP) is 2.03. The van der Waals surface area contributed by atoms with Gasteiger partial charge in [0.25, 0.3) is 0 Å². The van der Waals surface area contributed by atoms with Crippen LogP contribution >= 0.6 is 11.6 Å². The summed E-state index contributed by atoms with van der Waals surface area (Å²) in [6.45, 7) is 0.195. The molecule has 0 aliphatic carbocycles. The Hall–Kier alpha value is -0.770. The third-order valence-corrected chi connectivity index (χ3v) is 2.22. The molecule has 3 nitrogen and oxygen atoms in total. The summed E-state index contributed by atoms with van der Waals surface area (Å²) in [5.74, 6) is 0.571.